The van der Waals surface area contributed by atoms with Gasteiger partial charge < -0.3 is 4.74 Å². The lowest BCUT2D eigenvalue weighted by molar-refractivity contribution is -0.145. The van der Waals surface area contributed by atoms with Crippen molar-refractivity contribution in [3.05, 3.63) is 35.1 Å². The number of rotatable bonds is 5. The average Bonchev–Trinajstić information content (AvgIpc) is 3.14. The second-order valence-electron chi connectivity index (χ2n) is 4.63. The molecule has 4 heteroatoms. The minimum atomic E-state index is -0.562. The summed E-state index contributed by atoms with van der Waals surface area (Å²) in [6, 6.07) is 4.66. The Morgan fingerprint density at radius 3 is 2.83 bits per heavy atom. The van der Waals surface area contributed by atoms with Crippen molar-refractivity contribution in [1.82, 2.24) is 5.32 Å². The molecule has 1 aliphatic carbocycles. The molecule has 0 heterocycles. The van der Waals surface area contributed by atoms with Crippen molar-refractivity contribution < 1.29 is 13.9 Å². The third kappa shape index (κ3) is 3.07. The highest BCUT2D eigenvalue weighted by Crippen LogP contribution is 2.26. The zero-order valence-electron chi connectivity index (χ0n) is 10.7. The first-order chi connectivity index (χ1) is 8.61. The highest BCUT2D eigenvalue weighted by molar-refractivity contribution is 5.77. The summed E-state index contributed by atoms with van der Waals surface area (Å²) < 4.78 is 18.6. The fraction of sp³-hybridized carbons (Fsp3) is 0.500. The van der Waals surface area contributed by atoms with Crippen molar-refractivity contribution in [2.75, 3.05) is 6.61 Å². The molecule has 1 atom stereocenters. The summed E-state index contributed by atoms with van der Waals surface area (Å²) >= 11 is 0. The third-order valence-corrected chi connectivity index (χ3v) is 3.03. The third-order valence-electron chi connectivity index (χ3n) is 3.03. The molecule has 1 aromatic rings. The van der Waals surface area contributed by atoms with Crippen LogP contribution >= 0.6 is 0 Å². The van der Waals surface area contributed by atoms with Gasteiger partial charge in [-0.25, -0.2) is 9.18 Å². The van der Waals surface area contributed by atoms with E-state index in [-0.39, 0.29) is 11.8 Å². The van der Waals surface area contributed by atoms with Crippen molar-refractivity contribution in [2.45, 2.75) is 38.8 Å². The Morgan fingerprint density at radius 2 is 2.28 bits per heavy atom. The standard InChI is InChI=1S/C14H18FNO2/c1-3-18-14(17)13(16-11-6-7-11)10-5-4-9(2)12(15)8-10/h4-5,8,11,13,16H,3,6-7H2,1-2H3. The summed E-state index contributed by atoms with van der Waals surface area (Å²) in [5.74, 6) is -0.632. The lowest BCUT2D eigenvalue weighted by Gasteiger charge is -2.17. The van der Waals surface area contributed by atoms with E-state index in [9.17, 15) is 9.18 Å². The van der Waals surface area contributed by atoms with Crippen molar-refractivity contribution in [2.24, 2.45) is 0 Å². The van der Waals surface area contributed by atoms with Gasteiger partial charge in [0.2, 0.25) is 0 Å². The maximum atomic E-state index is 13.6. The fourth-order valence-corrected chi connectivity index (χ4v) is 1.80. The predicted molar refractivity (Wildman–Crippen MR) is 66.7 cm³/mol. The van der Waals surface area contributed by atoms with E-state index in [1.54, 1.807) is 26.0 Å². The van der Waals surface area contributed by atoms with E-state index < -0.39 is 6.04 Å². The van der Waals surface area contributed by atoms with Gasteiger partial charge in [-0.1, -0.05) is 12.1 Å². The van der Waals surface area contributed by atoms with Crippen LogP contribution < -0.4 is 5.32 Å². The van der Waals surface area contributed by atoms with Crippen LogP contribution in [-0.2, 0) is 9.53 Å². The van der Waals surface area contributed by atoms with Crippen LogP contribution in [0.1, 0.15) is 36.9 Å². The molecule has 1 saturated carbocycles. The van der Waals surface area contributed by atoms with Crippen LogP contribution in [0, 0.1) is 12.7 Å². The number of halogens is 1. The highest BCUT2D eigenvalue weighted by atomic mass is 19.1. The van der Waals surface area contributed by atoms with Gasteiger partial charge in [-0.3, -0.25) is 5.32 Å². The SMILES string of the molecule is CCOC(=O)C(NC1CC1)c1ccc(C)c(F)c1. The Hall–Kier alpha value is -1.42. The molecule has 0 bridgehead atoms. The smallest absolute Gasteiger partial charge is 0.327 e. The molecular formula is C14H18FNO2. The molecule has 0 aromatic heterocycles. The quantitative estimate of drug-likeness (QED) is 0.817. The molecule has 1 aromatic carbocycles. The summed E-state index contributed by atoms with van der Waals surface area (Å²) in [5, 5.41) is 3.20. The number of carbonyl (C=O) groups excluding carboxylic acids is 1. The minimum Gasteiger partial charge on any atom is -0.465 e. The van der Waals surface area contributed by atoms with E-state index in [1.165, 1.54) is 6.07 Å². The van der Waals surface area contributed by atoms with E-state index in [0.29, 0.717) is 23.8 Å². The number of aryl methyl sites for hydroxylation is 1. The minimum absolute atomic E-state index is 0.292. The number of ether oxygens (including phenoxy) is 1. The van der Waals surface area contributed by atoms with Crippen LogP contribution in [0.2, 0.25) is 0 Å². The van der Waals surface area contributed by atoms with E-state index in [4.69, 9.17) is 4.74 Å². The summed E-state index contributed by atoms with van der Waals surface area (Å²) in [6.07, 6.45) is 2.12. The highest BCUT2D eigenvalue weighted by Gasteiger charge is 2.30. The zero-order chi connectivity index (χ0) is 13.1. The molecular weight excluding hydrogens is 233 g/mol. The van der Waals surface area contributed by atoms with Crippen molar-refractivity contribution in [1.29, 1.82) is 0 Å². The molecule has 0 spiro atoms. The number of nitrogens with one attached hydrogen (secondary N) is 1. The van der Waals surface area contributed by atoms with Crippen molar-refractivity contribution >= 4 is 5.97 Å². The van der Waals surface area contributed by atoms with Gasteiger partial charge in [0.1, 0.15) is 11.9 Å². The average molecular weight is 251 g/mol. The number of carbonyl (C=O) groups is 1. The maximum Gasteiger partial charge on any atom is 0.327 e. The van der Waals surface area contributed by atoms with E-state index in [1.807, 2.05) is 0 Å². The normalized spacial score (nSPS) is 16.4. The van der Waals surface area contributed by atoms with E-state index >= 15 is 0 Å². The molecule has 18 heavy (non-hydrogen) atoms. The Kier molecular flexibility index (Phi) is 3.97. The second kappa shape index (κ2) is 5.48. The molecule has 0 radical (unpaired) electrons. The zero-order valence-corrected chi connectivity index (χ0v) is 10.7. The largest absolute Gasteiger partial charge is 0.465 e. The van der Waals surface area contributed by atoms with Gasteiger partial charge in [0.05, 0.1) is 6.61 Å². The molecule has 98 valence electrons. The van der Waals surface area contributed by atoms with E-state index in [0.717, 1.165) is 12.8 Å². The second-order valence-corrected chi connectivity index (χ2v) is 4.63. The molecule has 0 amide bonds. The molecule has 1 aliphatic rings. The molecule has 3 nitrogen and oxygen atoms in total. The number of hydrogen-bond acceptors (Lipinski definition) is 3. The molecule has 0 saturated heterocycles. The van der Waals surface area contributed by atoms with Crippen LogP contribution in [0.4, 0.5) is 4.39 Å². The van der Waals surface area contributed by atoms with Gasteiger partial charge in [0.25, 0.3) is 0 Å². The Balaban J connectivity index is 2.20. The van der Waals surface area contributed by atoms with Crippen LogP contribution in [0.3, 0.4) is 0 Å². The summed E-state index contributed by atoms with van der Waals surface area (Å²) in [5.41, 5.74) is 1.20. The number of hydrogen-bond donors (Lipinski definition) is 1. The lowest BCUT2D eigenvalue weighted by Crippen LogP contribution is -2.31. The van der Waals surface area contributed by atoms with Gasteiger partial charge in [0, 0.05) is 6.04 Å². The molecule has 1 fully saturated rings. The topological polar surface area (TPSA) is 38.3 Å². The van der Waals surface area contributed by atoms with Crippen molar-refractivity contribution in [3.8, 4) is 0 Å². The fourth-order valence-electron chi connectivity index (χ4n) is 1.80. The first kappa shape index (κ1) is 13.0. The summed E-state index contributed by atoms with van der Waals surface area (Å²) in [7, 11) is 0. The predicted octanol–water partition coefficient (Wildman–Crippen LogP) is 2.49. The van der Waals surface area contributed by atoms with E-state index in [2.05, 4.69) is 5.32 Å². The van der Waals surface area contributed by atoms with Gasteiger partial charge in [-0.05, 0) is 43.9 Å². The summed E-state index contributed by atoms with van der Waals surface area (Å²) in [6.45, 7) is 3.80. The van der Waals surface area contributed by atoms with Crippen LogP contribution in [0.5, 0.6) is 0 Å². The number of benzene rings is 1. The molecule has 1 unspecified atom stereocenters. The Bertz CT molecular complexity index is 443. The van der Waals surface area contributed by atoms with Crippen LogP contribution in [0.25, 0.3) is 0 Å². The molecule has 0 aliphatic heterocycles. The molecule has 2 rings (SSSR count). The first-order valence-corrected chi connectivity index (χ1v) is 6.30. The maximum absolute atomic E-state index is 13.6. The van der Waals surface area contributed by atoms with Crippen LogP contribution in [0.15, 0.2) is 18.2 Å². The number of esters is 1. The monoisotopic (exact) mass is 251 g/mol. The van der Waals surface area contributed by atoms with Gasteiger partial charge in [-0.15, -0.1) is 0 Å². The lowest BCUT2D eigenvalue weighted by atomic mass is 10.0. The summed E-state index contributed by atoms with van der Waals surface area (Å²) in [4.78, 5) is 11.9. The molecule has 1 N–H and O–H groups in total. The van der Waals surface area contributed by atoms with Crippen LogP contribution in [-0.4, -0.2) is 18.6 Å². The van der Waals surface area contributed by atoms with Gasteiger partial charge in [0.15, 0.2) is 0 Å². The first-order valence-electron chi connectivity index (χ1n) is 6.30. The van der Waals surface area contributed by atoms with Gasteiger partial charge in [-0.2, -0.15) is 0 Å². The Labute approximate surface area is 106 Å². The van der Waals surface area contributed by atoms with Crippen molar-refractivity contribution in [3.63, 3.8) is 0 Å². The van der Waals surface area contributed by atoms with Gasteiger partial charge >= 0.3 is 5.97 Å². The Morgan fingerprint density at radius 1 is 1.56 bits per heavy atom.